The van der Waals surface area contributed by atoms with Crippen molar-refractivity contribution in [3.05, 3.63) is 27.4 Å². The van der Waals surface area contributed by atoms with Gasteiger partial charge in [-0.3, -0.25) is 9.59 Å². The van der Waals surface area contributed by atoms with Crippen LogP contribution in [0.2, 0.25) is 0 Å². The summed E-state index contributed by atoms with van der Waals surface area (Å²) in [4.78, 5) is 29.5. The van der Waals surface area contributed by atoms with Crippen molar-refractivity contribution in [2.45, 2.75) is 40.2 Å². The van der Waals surface area contributed by atoms with E-state index in [-0.39, 0.29) is 24.0 Å². The van der Waals surface area contributed by atoms with Crippen LogP contribution in [0.5, 0.6) is 0 Å². The monoisotopic (exact) mass is 268 g/mol. The molecule has 1 aromatic heterocycles. The molecule has 1 heterocycles. The van der Waals surface area contributed by atoms with Crippen LogP contribution in [0.1, 0.15) is 44.0 Å². The summed E-state index contributed by atoms with van der Waals surface area (Å²) in [6.45, 7) is 7.98. The van der Waals surface area contributed by atoms with Gasteiger partial charge in [0.25, 0.3) is 5.56 Å². The predicted molar refractivity (Wildman–Crippen MR) is 70.1 cm³/mol. The highest BCUT2D eigenvalue weighted by atomic mass is 16.5. The largest absolute Gasteiger partial charge is 0.481 e. The van der Waals surface area contributed by atoms with E-state index in [1.807, 2.05) is 20.8 Å². The maximum atomic E-state index is 11.9. The molecule has 1 unspecified atom stereocenters. The van der Waals surface area contributed by atoms with E-state index in [9.17, 15) is 9.59 Å². The average molecular weight is 268 g/mol. The van der Waals surface area contributed by atoms with E-state index in [4.69, 9.17) is 9.84 Å². The molecule has 0 bridgehead atoms. The van der Waals surface area contributed by atoms with E-state index >= 15 is 0 Å². The van der Waals surface area contributed by atoms with Gasteiger partial charge < -0.3 is 14.8 Å². The molecular formula is C13H20N2O4. The predicted octanol–water partition coefficient (Wildman–Crippen LogP) is 1.44. The van der Waals surface area contributed by atoms with Gasteiger partial charge >= 0.3 is 5.97 Å². The molecule has 0 spiro atoms. The summed E-state index contributed by atoms with van der Waals surface area (Å²) in [6, 6.07) is 0. The van der Waals surface area contributed by atoms with Crippen LogP contribution in [0.25, 0.3) is 0 Å². The minimum Gasteiger partial charge on any atom is -0.481 e. The van der Waals surface area contributed by atoms with Crippen molar-refractivity contribution in [3.63, 3.8) is 0 Å². The summed E-state index contributed by atoms with van der Waals surface area (Å²) in [5.41, 5.74) is 0.219. The molecule has 0 amide bonds. The normalized spacial score (nSPS) is 12.7. The number of rotatable bonds is 6. The fraction of sp³-hybridized carbons (Fsp3) is 0.615. The summed E-state index contributed by atoms with van der Waals surface area (Å²) >= 11 is 0. The minimum atomic E-state index is -1.05. The highest BCUT2D eigenvalue weighted by molar-refractivity contribution is 5.70. The third kappa shape index (κ3) is 3.89. The number of carboxylic acid groups (broad SMARTS) is 1. The quantitative estimate of drug-likeness (QED) is 0.814. The Balaban J connectivity index is 3.19. The number of hydrogen-bond acceptors (Lipinski definition) is 4. The number of aliphatic carboxylic acids is 1. The molecule has 106 valence electrons. The summed E-state index contributed by atoms with van der Waals surface area (Å²) in [7, 11) is 0. The van der Waals surface area contributed by atoms with Crippen molar-refractivity contribution in [3.8, 4) is 0 Å². The highest BCUT2D eigenvalue weighted by Gasteiger charge is 2.21. The lowest BCUT2D eigenvalue weighted by atomic mass is 10.1. The molecule has 6 nitrogen and oxygen atoms in total. The molecule has 1 atom stereocenters. The first kappa shape index (κ1) is 15.4. The number of carbonyl (C=O) groups is 1. The molecule has 0 aliphatic carbocycles. The van der Waals surface area contributed by atoms with E-state index in [0.717, 1.165) is 0 Å². The van der Waals surface area contributed by atoms with Crippen LogP contribution in [-0.4, -0.2) is 27.7 Å². The first-order valence-electron chi connectivity index (χ1n) is 6.29. The lowest BCUT2D eigenvalue weighted by molar-refractivity contribution is -0.136. The van der Waals surface area contributed by atoms with E-state index in [1.54, 1.807) is 6.92 Å². The lowest BCUT2D eigenvalue weighted by Crippen LogP contribution is -2.25. The molecule has 6 heteroatoms. The number of carboxylic acids is 1. The van der Waals surface area contributed by atoms with Crippen LogP contribution in [0.4, 0.5) is 0 Å². The number of hydrogen-bond donors (Lipinski definition) is 2. The van der Waals surface area contributed by atoms with Gasteiger partial charge in [-0.1, -0.05) is 13.8 Å². The van der Waals surface area contributed by atoms with Crippen LogP contribution in [0.15, 0.2) is 4.79 Å². The topological polar surface area (TPSA) is 92.3 Å². The summed E-state index contributed by atoms with van der Waals surface area (Å²) < 4.78 is 5.57. The Hall–Kier alpha value is -1.69. The second-order valence-corrected chi connectivity index (χ2v) is 4.71. The molecule has 0 aromatic carbocycles. The van der Waals surface area contributed by atoms with E-state index in [1.165, 1.54) is 0 Å². The van der Waals surface area contributed by atoms with Crippen LogP contribution in [-0.2, 0) is 16.0 Å². The van der Waals surface area contributed by atoms with Crippen molar-refractivity contribution in [1.82, 2.24) is 9.97 Å². The third-order valence-corrected chi connectivity index (χ3v) is 2.79. The smallest absolute Gasteiger partial charge is 0.308 e. The molecule has 1 aromatic rings. The van der Waals surface area contributed by atoms with Gasteiger partial charge in [0, 0.05) is 17.9 Å². The number of aromatic nitrogens is 2. The Morgan fingerprint density at radius 1 is 1.47 bits per heavy atom. The highest BCUT2D eigenvalue weighted by Crippen LogP contribution is 2.22. The summed E-state index contributed by atoms with van der Waals surface area (Å²) in [6.07, 6.45) is -0.620. The van der Waals surface area contributed by atoms with Crippen molar-refractivity contribution in [2.75, 3.05) is 6.61 Å². The molecule has 0 aliphatic heterocycles. The Bertz CT molecular complexity index is 508. The number of ether oxygens (including phenoxy) is 1. The zero-order chi connectivity index (χ0) is 14.6. The van der Waals surface area contributed by atoms with Crippen molar-refractivity contribution in [2.24, 2.45) is 5.92 Å². The number of aromatic amines is 1. The first-order chi connectivity index (χ1) is 8.86. The molecule has 0 fully saturated rings. The van der Waals surface area contributed by atoms with Gasteiger partial charge in [0.05, 0.1) is 6.42 Å². The molecular weight excluding hydrogens is 248 g/mol. The van der Waals surface area contributed by atoms with Crippen LogP contribution < -0.4 is 5.56 Å². The summed E-state index contributed by atoms with van der Waals surface area (Å²) in [5, 5.41) is 8.76. The zero-order valence-electron chi connectivity index (χ0n) is 11.7. The van der Waals surface area contributed by atoms with Gasteiger partial charge in [-0.15, -0.1) is 0 Å². The third-order valence-electron chi connectivity index (χ3n) is 2.79. The molecule has 19 heavy (non-hydrogen) atoms. The van der Waals surface area contributed by atoms with Gasteiger partial charge in [0.15, 0.2) is 0 Å². The maximum absolute atomic E-state index is 11.9. The van der Waals surface area contributed by atoms with Gasteiger partial charge in [-0.05, 0) is 19.8 Å². The van der Waals surface area contributed by atoms with Crippen molar-refractivity contribution >= 4 is 5.97 Å². The van der Waals surface area contributed by atoms with Gasteiger partial charge in [0.2, 0.25) is 0 Å². The van der Waals surface area contributed by atoms with Gasteiger partial charge in [-0.25, -0.2) is 4.98 Å². The van der Waals surface area contributed by atoms with Crippen LogP contribution in [0.3, 0.4) is 0 Å². The molecule has 0 aliphatic rings. The SMILES string of the molecule is CCOC(c1nc(C)c(CC(=O)O)c(=O)[nH]1)C(C)C. The number of aryl methyl sites for hydroxylation is 1. The van der Waals surface area contributed by atoms with E-state index in [0.29, 0.717) is 18.1 Å². The maximum Gasteiger partial charge on any atom is 0.308 e. The van der Waals surface area contributed by atoms with E-state index < -0.39 is 11.5 Å². The zero-order valence-corrected chi connectivity index (χ0v) is 11.7. The second-order valence-electron chi connectivity index (χ2n) is 4.71. The Labute approximate surface area is 111 Å². The number of nitrogens with one attached hydrogen (secondary N) is 1. The first-order valence-corrected chi connectivity index (χ1v) is 6.29. The number of nitrogens with zero attached hydrogens (tertiary/aromatic N) is 1. The Morgan fingerprint density at radius 3 is 2.53 bits per heavy atom. The summed E-state index contributed by atoms with van der Waals surface area (Å²) in [5.74, 6) is -0.435. The fourth-order valence-corrected chi connectivity index (χ4v) is 1.89. The van der Waals surface area contributed by atoms with Gasteiger partial charge in [-0.2, -0.15) is 0 Å². The molecule has 1 rings (SSSR count). The number of H-pyrrole nitrogens is 1. The standard InChI is InChI=1S/C13H20N2O4/c1-5-19-11(7(2)3)12-14-8(4)9(6-10(16)17)13(18)15-12/h7,11H,5-6H2,1-4H3,(H,16,17)(H,14,15,18). The lowest BCUT2D eigenvalue weighted by Gasteiger charge is -2.20. The Kier molecular flexibility index (Phi) is 5.23. The average Bonchev–Trinajstić information content (AvgIpc) is 2.29. The second kappa shape index (κ2) is 6.47. The molecule has 0 saturated heterocycles. The van der Waals surface area contributed by atoms with Crippen LogP contribution in [0, 0.1) is 12.8 Å². The molecule has 0 radical (unpaired) electrons. The Morgan fingerprint density at radius 2 is 2.11 bits per heavy atom. The van der Waals surface area contributed by atoms with Gasteiger partial charge in [0.1, 0.15) is 11.9 Å². The van der Waals surface area contributed by atoms with E-state index in [2.05, 4.69) is 9.97 Å². The minimum absolute atomic E-state index is 0.160. The van der Waals surface area contributed by atoms with Crippen molar-refractivity contribution in [1.29, 1.82) is 0 Å². The van der Waals surface area contributed by atoms with Crippen molar-refractivity contribution < 1.29 is 14.6 Å². The molecule has 2 N–H and O–H groups in total. The molecule has 0 saturated carbocycles. The fourth-order valence-electron chi connectivity index (χ4n) is 1.89. The van der Waals surface area contributed by atoms with Crippen LogP contribution >= 0.6 is 0 Å².